The summed E-state index contributed by atoms with van der Waals surface area (Å²) in [6.45, 7) is 7.47. The molecule has 2 aromatic rings. The predicted molar refractivity (Wildman–Crippen MR) is 83.0 cm³/mol. The fourth-order valence-corrected chi connectivity index (χ4v) is 2.70. The zero-order valence-corrected chi connectivity index (χ0v) is 12.9. The van der Waals surface area contributed by atoms with E-state index in [0.717, 1.165) is 10.2 Å². The van der Waals surface area contributed by atoms with Gasteiger partial charge in [0.2, 0.25) is 0 Å². The number of fused-ring (bicyclic) bond motifs is 1. The van der Waals surface area contributed by atoms with Gasteiger partial charge in [-0.15, -0.1) is 0 Å². The lowest BCUT2D eigenvalue weighted by atomic mass is 10.2. The molecule has 0 spiro atoms. The molecule has 0 saturated carbocycles. The molecular weight excluding hydrogens is 274 g/mol. The van der Waals surface area contributed by atoms with E-state index in [9.17, 15) is 4.79 Å². The molecule has 108 valence electrons. The second kappa shape index (κ2) is 5.38. The largest absolute Gasteiger partial charge is 0.399 e. The quantitative estimate of drug-likeness (QED) is 0.853. The maximum Gasteiger partial charge on any atom is 0.255 e. The third kappa shape index (κ3) is 3.68. The van der Waals surface area contributed by atoms with Crippen molar-refractivity contribution in [2.24, 2.45) is 0 Å². The molecule has 20 heavy (non-hydrogen) atoms. The fraction of sp³-hybridized carbons (Fsp3) is 0.429. The van der Waals surface area contributed by atoms with Gasteiger partial charge in [0.25, 0.3) is 5.91 Å². The molecule has 0 saturated heterocycles. The van der Waals surface area contributed by atoms with Crippen LogP contribution in [0.5, 0.6) is 0 Å². The summed E-state index contributed by atoms with van der Waals surface area (Å²) in [6, 6.07) is 5.47. The van der Waals surface area contributed by atoms with E-state index in [4.69, 9.17) is 10.5 Å². The molecule has 1 unspecified atom stereocenters. The summed E-state index contributed by atoms with van der Waals surface area (Å²) in [5.74, 6) is -0.202. The van der Waals surface area contributed by atoms with E-state index in [2.05, 4.69) is 10.3 Å². The summed E-state index contributed by atoms with van der Waals surface area (Å²) < 4.78 is 6.56. The number of nitrogens with one attached hydrogen (secondary N) is 1. The number of nitrogens with zero attached hydrogens (tertiary/aromatic N) is 1. The summed E-state index contributed by atoms with van der Waals surface area (Å²) in [5.41, 5.74) is 6.87. The van der Waals surface area contributed by atoms with E-state index in [1.54, 1.807) is 13.0 Å². The Labute approximate surface area is 122 Å². The van der Waals surface area contributed by atoms with E-state index >= 15 is 0 Å². The van der Waals surface area contributed by atoms with Crippen LogP contribution in [0.3, 0.4) is 0 Å². The molecule has 1 aromatic heterocycles. The molecular formula is C14H19N3O2S. The lowest BCUT2D eigenvalue weighted by Crippen LogP contribution is -2.34. The fourth-order valence-electron chi connectivity index (χ4n) is 1.79. The third-order valence-electron chi connectivity index (χ3n) is 2.54. The van der Waals surface area contributed by atoms with E-state index in [-0.39, 0.29) is 11.5 Å². The van der Waals surface area contributed by atoms with Crippen molar-refractivity contribution in [3.63, 3.8) is 0 Å². The molecule has 0 fully saturated rings. The van der Waals surface area contributed by atoms with Crippen molar-refractivity contribution in [1.82, 2.24) is 4.98 Å². The minimum Gasteiger partial charge on any atom is -0.399 e. The van der Waals surface area contributed by atoms with Crippen LogP contribution >= 0.6 is 11.3 Å². The Hall–Kier alpha value is -1.66. The Kier molecular flexibility index (Phi) is 3.96. The van der Waals surface area contributed by atoms with Gasteiger partial charge in [0.05, 0.1) is 15.8 Å². The highest BCUT2D eigenvalue weighted by molar-refractivity contribution is 7.22. The predicted octanol–water partition coefficient (Wildman–Crippen LogP) is 3.02. The summed E-state index contributed by atoms with van der Waals surface area (Å²) in [5, 5.41) is 3.33. The molecule has 2 rings (SSSR count). The molecule has 1 aromatic carbocycles. The van der Waals surface area contributed by atoms with Crippen LogP contribution in [0, 0.1) is 0 Å². The van der Waals surface area contributed by atoms with Gasteiger partial charge in [0, 0.05) is 5.69 Å². The number of nitrogens with two attached hydrogens (primary N) is 1. The van der Waals surface area contributed by atoms with E-state index in [1.165, 1.54) is 11.3 Å². The summed E-state index contributed by atoms with van der Waals surface area (Å²) >= 11 is 1.40. The van der Waals surface area contributed by atoms with Gasteiger partial charge in [0.15, 0.2) is 5.13 Å². The van der Waals surface area contributed by atoms with Crippen molar-refractivity contribution >= 4 is 38.3 Å². The molecule has 1 amide bonds. The smallest absolute Gasteiger partial charge is 0.255 e. The summed E-state index contributed by atoms with van der Waals surface area (Å²) in [7, 11) is 0. The number of carbonyl (C=O) groups is 1. The van der Waals surface area contributed by atoms with E-state index < -0.39 is 6.10 Å². The molecule has 0 aliphatic heterocycles. The Bertz CT molecular complexity index is 631. The van der Waals surface area contributed by atoms with Gasteiger partial charge in [-0.25, -0.2) is 4.98 Å². The molecule has 0 aliphatic rings. The minimum atomic E-state index is -0.535. The molecule has 0 bridgehead atoms. The minimum absolute atomic E-state index is 0.202. The lowest BCUT2D eigenvalue weighted by molar-refractivity contribution is -0.135. The molecule has 5 nitrogen and oxygen atoms in total. The SMILES string of the molecule is CC(OC(C)(C)C)C(=O)Nc1nc2ccc(N)cc2s1. The number of aromatic nitrogens is 1. The topological polar surface area (TPSA) is 77.2 Å². The first-order valence-corrected chi connectivity index (χ1v) is 7.21. The number of ether oxygens (including phenoxy) is 1. The Morgan fingerprint density at radius 2 is 2.15 bits per heavy atom. The molecule has 1 heterocycles. The van der Waals surface area contributed by atoms with Gasteiger partial charge in [-0.2, -0.15) is 0 Å². The molecule has 0 radical (unpaired) electrons. The van der Waals surface area contributed by atoms with Gasteiger partial charge in [-0.1, -0.05) is 11.3 Å². The van der Waals surface area contributed by atoms with Crippen LogP contribution < -0.4 is 11.1 Å². The van der Waals surface area contributed by atoms with Crippen LogP contribution in [-0.4, -0.2) is 22.6 Å². The first-order chi connectivity index (χ1) is 9.24. The van der Waals surface area contributed by atoms with Gasteiger partial charge >= 0.3 is 0 Å². The average Bonchev–Trinajstić information content (AvgIpc) is 2.67. The number of rotatable bonds is 3. The van der Waals surface area contributed by atoms with Gasteiger partial charge in [-0.3, -0.25) is 10.1 Å². The van der Waals surface area contributed by atoms with Crippen molar-refractivity contribution in [1.29, 1.82) is 0 Å². The van der Waals surface area contributed by atoms with Crippen molar-refractivity contribution in [2.45, 2.75) is 39.4 Å². The second-order valence-corrected chi connectivity index (χ2v) is 6.64. The third-order valence-corrected chi connectivity index (χ3v) is 3.48. The number of hydrogen-bond donors (Lipinski definition) is 2. The molecule has 0 aliphatic carbocycles. The van der Waals surface area contributed by atoms with E-state index in [1.807, 2.05) is 32.9 Å². The number of amides is 1. The maximum atomic E-state index is 12.0. The van der Waals surface area contributed by atoms with Crippen molar-refractivity contribution in [3.8, 4) is 0 Å². The first kappa shape index (κ1) is 14.7. The highest BCUT2D eigenvalue weighted by Crippen LogP contribution is 2.27. The number of carbonyl (C=O) groups excluding carboxylic acids is 1. The Morgan fingerprint density at radius 3 is 2.80 bits per heavy atom. The van der Waals surface area contributed by atoms with Crippen LogP contribution in [0.1, 0.15) is 27.7 Å². The number of anilines is 2. The van der Waals surface area contributed by atoms with Crippen LogP contribution in [-0.2, 0) is 9.53 Å². The van der Waals surface area contributed by atoms with Crippen molar-refractivity contribution < 1.29 is 9.53 Å². The average molecular weight is 293 g/mol. The standard InChI is InChI=1S/C14H19N3O2S/c1-8(19-14(2,3)4)12(18)17-13-16-10-6-5-9(15)7-11(10)20-13/h5-8H,15H2,1-4H3,(H,16,17,18). The Balaban J connectivity index is 2.09. The summed E-state index contributed by atoms with van der Waals surface area (Å²) in [4.78, 5) is 16.4. The first-order valence-electron chi connectivity index (χ1n) is 6.39. The van der Waals surface area contributed by atoms with Crippen molar-refractivity contribution in [3.05, 3.63) is 18.2 Å². The van der Waals surface area contributed by atoms with Crippen molar-refractivity contribution in [2.75, 3.05) is 11.1 Å². The van der Waals surface area contributed by atoms with Crippen LogP contribution in [0.25, 0.3) is 10.2 Å². The molecule has 3 N–H and O–H groups in total. The lowest BCUT2D eigenvalue weighted by Gasteiger charge is -2.23. The van der Waals surface area contributed by atoms with Gasteiger partial charge in [0.1, 0.15) is 6.10 Å². The maximum absolute atomic E-state index is 12.0. The number of hydrogen-bond acceptors (Lipinski definition) is 5. The van der Waals surface area contributed by atoms with E-state index in [0.29, 0.717) is 10.8 Å². The highest BCUT2D eigenvalue weighted by atomic mass is 32.1. The number of nitrogen functional groups attached to an aromatic ring is 1. The zero-order chi connectivity index (χ0) is 14.9. The second-order valence-electron chi connectivity index (χ2n) is 5.61. The van der Waals surface area contributed by atoms with Crippen LogP contribution in [0.4, 0.5) is 10.8 Å². The Morgan fingerprint density at radius 1 is 1.45 bits per heavy atom. The number of benzene rings is 1. The van der Waals surface area contributed by atoms with Crippen LogP contribution in [0.2, 0.25) is 0 Å². The van der Waals surface area contributed by atoms with Gasteiger partial charge < -0.3 is 10.5 Å². The van der Waals surface area contributed by atoms with Gasteiger partial charge in [-0.05, 0) is 45.9 Å². The summed E-state index contributed by atoms with van der Waals surface area (Å²) in [6.07, 6.45) is -0.535. The normalized spacial score (nSPS) is 13.4. The number of thiazole rings is 1. The molecule has 1 atom stereocenters. The zero-order valence-electron chi connectivity index (χ0n) is 12.1. The van der Waals surface area contributed by atoms with Crippen LogP contribution in [0.15, 0.2) is 18.2 Å². The molecule has 6 heteroatoms. The monoisotopic (exact) mass is 293 g/mol. The highest BCUT2D eigenvalue weighted by Gasteiger charge is 2.21.